The van der Waals surface area contributed by atoms with Crippen LogP contribution in [0.3, 0.4) is 0 Å². The number of halogens is 3. The third-order valence-electron chi connectivity index (χ3n) is 4.38. The number of benzene rings is 1. The molecular formula is C19H28F3N3O2Si. The van der Waals surface area contributed by atoms with Gasteiger partial charge in [-0.3, -0.25) is 4.79 Å². The fourth-order valence-corrected chi connectivity index (χ4v) is 3.40. The summed E-state index contributed by atoms with van der Waals surface area (Å²) in [5.74, 6) is -0.617. The van der Waals surface area contributed by atoms with Gasteiger partial charge in [0.25, 0.3) is 0 Å². The lowest BCUT2D eigenvalue weighted by Crippen LogP contribution is -2.27. The Balaban J connectivity index is 1.99. The van der Waals surface area contributed by atoms with Crippen LogP contribution in [0.2, 0.25) is 25.7 Å². The van der Waals surface area contributed by atoms with E-state index in [0.29, 0.717) is 13.3 Å². The molecule has 0 saturated carbocycles. The summed E-state index contributed by atoms with van der Waals surface area (Å²) < 4.78 is 44.4. The minimum atomic E-state index is -4.33. The molecule has 1 aromatic heterocycles. The molecule has 0 bridgehead atoms. The van der Waals surface area contributed by atoms with Gasteiger partial charge in [0.1, 0.15) is 6.73 Å². The zero-order chi connectivity index (χ0) is 20.9. The maximum Gasteiger partial charge on any atom is 0.389 e. The van der Waals surface area contributed by atoms with Crippen LogP contribution >= 0.6 is 0 Å². The number of alkyl halides is 3. The van der Waals surface area contributed by atoms with Crippen LogP contribution in [0.4, 0.5) is 13.2 Å². The van der Waals surface area contributed by atoms with Crippen LogP contribution in [0.1, 0.15) is 31.4 Å². The maximum absolute atomic E-state index is 12.3. The molecule has 0 aliphatic heterocycles. The number of carbonyl (C=O) groups excluding carboxylic acids is 1. The van der Waals surface area contributed by atoms with E-state index in [4.69, 9.17) is 4.74 Å². The molecule has 0 aliphatic carbocycles. The summed E-state index contributed by atoms with van der Waals surface area (Å²) in [5.41, 5.74) is 2.46. The highest BCUT2D eigenvalue weighted by molar-refractivity contribution is 6.76. The van der Waals surface area contributed by atoms with Crippen LogP contribution < -0.4 is 5.32 Å². The molecule has 0 fully saturated rings. The first-order valence-electron chi connectivity index (χ1n) is 9.33. The molecule has 0 spiro atoms. The van der Waals surface area contributed by atoms with E-state index in [1.807, 2.05) is 22.8 Å². The number of imidazole rings is 1. The summed E-state index contributed by atoms with van der Waals surface area (Å²) in [6.45, 7) is 9.70. The number of carbonyl (C=O) groups is 1. The molecule has 0 aliphatic rings. The Labute approximate surface area is 164 Å². The molecule has 1 atom stereocenters. The first-order chi connectivity index (χ1) is 12.9. The van der Waals surface area contributed by atoms with Crippen LogP contribution in [-0.2, 0) is 16.3 Å². The molecule has 9 heteroatoms. The fraction of sp³-hybridized carbons (Fsp3) is 0.579. The van der Waals surface area contributed by atoms with Crippen molar-refractivity contribution in [3.05, 3.63) is 30.1 Å². The Morgan fingerprint density at radius 1 is 1.32 bits per heavy atom. The van der Waals surface area contributed by atoms with Gasteiger partial charge in [-0.1, -0.05) is 25.7 Å². The van der Waals surface area contributed by atoms with Gasteiger partial charge >= 0.3 is 6.18 Å². The van der Waals surface area contributed by atoms with Gasteiger partial charge in [0.2, 0.25) is 5.91 Å². The third kappa shape index (κ3) is 7.27. The molecule has 28 heavy (non-hydrogen) atoms. The largest absolute Gasteiger partial charge is 0.389 e. The second-order valence-corrected chi connectivity index (χ2v) is 13.8. The smallest absolute Gasteiger partial charge is 0.361 e. The lowest BCUT2D eigenvalue weighted by Gasteiger charge is -2.16. The maximum atomic E-state index is 12.3. The fourth-order valence-electron chi connectivity index (χ4n) is 2.64. The number of hydrogen-bond donors (Lipinski definition) is 1. The SMILES string of the molecule is C[C@@H](NC(=O)CCC(F)(F)F)c1ccc2ncn(COCC[Si](C)(C)C)c2c1. The standard InChI is InChI=1S/C19H28F3N3O2Si/c1-14(24-18(26)7-8-19(20,21)22)15-5-6-16-17(11-15)25(12-23-16)13-27-9-10-28(2,3)4/h5-6,11-12,14H,7-10,13H2,1-4H3,(H,24,26)/t14-/m1/s1. The topological polar surface area (TPSA) is 56.2 Å². The normalized spacial score (nSPS) is 13.7. The second kappa shape index (κ2) is 9.08. The van der Waals surface area contributed by atoms with Crippen molar-refractivity contribution in [3.63, 3.8) is 0 Å². The highest BCUT2D eigenvalue weighted by Gasteiger charge is 2.28. The summed E-state index contributed by atoms with van der Waals surface area (Å²) in [7, 11) is -1.15. The average molecular weight is 416 g/mol. The zero-order valence-electron chi connectivity index (χ0n) is 16.8. The van der Waals surface area contributed by atoms with E-state index in [-0.39, 0.29) is 0 Å². The Bertz CT molecular complexity index is 800. The predicted molar refractivity (Wildman–Crippen MR) is 106 cm³/mol. The summed E-state index contributed by atoms with van der Waals surface area (Å²) in [5, 5.41) is 2.62. The summed E-state index contributed by atoms with van der Waals surface area (Å²) in [6.07, 6.45) is -4.32. The molecule has 5 nitrogen and oxygen atoms in total. The van der Waals surface area contributed by atoms with Gasteiger partial charge in [0.05, 0.1) is 29.8 Å². The van der Waals surface area contributed by atoms with Crippen LogP contribution in [0.5, 0.6) is 0 Å². The van der Waals surface area contributed by atoms with Crippen molar-refractivity contribution in [3.8, 4) is 0 Å². The molecule has 0 saturated heterocycles. The van der Waals surface area contributed by atoms with E-state index in [0.717, 1.165) is 22.6 Å². The van der Waals surface area contributed by atoms with Gasteiger partial charge in [-0.05, 0) is 30.7 Å². The van der Waals surface area contributed by atoms with E-state index in [1.54, 1.807) is 13.3 Å². The molecule has 1 N–H and O–H groups in total. The number of amides is 1. The van der Waals surface area contributed by atoms with Gasteiger partial charge in [0, 0.05) is 21.1 Å². The third-order valence-corrected chi connectivity index (χ3v) is 6.09. The van der Waals surface area contributed by atoms with Crippen molar-refractivity contribution in [2.24, 2.45) is 0 Å². The van der Waals surface area contributed by atoms with Crippen molar-refractivity contribution < 1.29 is 22.7 Å². The Morgan fingerprint density at radius 3 is 2.68 bits per heavy atom. The molecule has 0 unspecified atom stereocenters. The lowest BCUT2D eigenvalue weighted by atomic mass is 10.1. The summed E-state index contributed by atoms with van der Waals surface area (Å²) in [6, 6.07) is 6.22. The molecule has 1 amide bonds. The van der Waals surface area contributed by atoms with Crippen molar-refractivity contribution in [1.29, 1.82) is 0 Å². The zero-order valence-corrected chi connectivity index (χ0v) is 17.8. The van der Waals surface area contributed by atoms with Gasteiger partial charge in [-0.2, -0.15) is 13.2 Å². The molecule has 2 rings (SSSR count). The lowest BCUT2D eigenvalue weighted by molar-refractivity contribution is -0.144. The molecule has 0 radical (unpaired) electrons. The van der Waals surface area contributed by atoms with E-state index >= 15 is 0 Å². The monoisotopic (exact) mass is 415 g/mol. The van der Waals surface area contributed by atoms with Crippen LogP contribution in [-0.4, -0.2) is 36.3 Å². The first kappa shape index (κ1) is 22.4. The quantitative estimate of drug-likeness (QED) is 0.470. The highest BCUT2D eigenvalue weighted by atomic mass is 28.3. The Kier molecular flexibility index (Phi) is 7.27. The molecule has 1 heterocycles. The predicted octanol–water partition coefficient (Wildman–Crippen LogP) is 4.87. The van der Waals surface area contributed by atoms with Crippen molar-refractivity contribution in [1.82, 2.24) is 14.9 Å². The molecular weight excluding hydrogens is 387 g/mol. The number of fused-ring (bicyclic) bond motifs is 1. The summed E-state index contributed by atoms with van der Waals surface area (Å²) >= 11 is 0. The number of hydrogen-bond acceptors (Lipinski definition) is 3. The summed E-state index contributed by atoms with van der Waals surface area (Å²) in [4.78, 5) is 16.1. The number of nitrogens with one attached hydrogen (secondary N) is 1. The highest BCUT2D eigenvalue weighted by Crippen LogP contribution is 2.23. The van der Waals surface area contributed by atoms with Crippen molar-refractivity contribution in [2.75, 3.05) is 6.61 Å². The van der Waals surface area contributed by atoms with E-state index < -0.39 is 39.0 Å². The van der Waals surface area contributed by atoms with Crippen LogP contribution in [0.25, 0.3) is 11.0 Å². The van der Waals surface area contributed by atoms with E-state index in [2.05, 4.69) is 29.9 Å². The number of rotatable bonds is 9. The van der Waals surface area contributed by atoms with Gasteiger partial charge < -0.3 is 14.6 Å². The first-order valence-corrected chi connectivity index (χ1v) is 13.0. The van der Waals surface area contributed by atoms with E-state index in [9.17, 15) is 18.0 Å². The van der Waals surface area contributed by atoms with Gasteiger partial charge in [-0.25, -0.2) is 4.98 Å². The number of nitrogens with zero attached hydrogens (tertiary/aromatic N) is 2. The van der Waals surface area contributed by atoms with Crippen LogP contribution in [0.15, 0.2) is 24.5 Å². The Hall–Kier alpha value is -1.87. The van der Waals surface area contributed by atoms with Crippen molar-refractivity contribution in [2.45, 2.75) is 64.4 Å². The number of aromatic nitrogens is 2. The number of ether oxygens (including phenoxy) is 1. The van der Waals surface area contributed by atoms with Crippen molar-refractivity contribution >= 4 is 25.0 Å². The molecule has 2 aromatic rings. The molecule has 1 aromatic carbocycles. The van der Waals surface area contributed by atoms with Crippen LogP contribution in [0, 0.1) is 0 Å². The molecule has 156 valence electrons. The second-order valence-electron chi connectivity index (χ2n) is 8.21. The Morgan fingerprint density at radius 2 is 2.04 bits per heavy atom. The minimum Gasteiger partial charge on any atom is -0.361 e. The minimum absolute atomic E-state index is 0.386. The van der Waals surface area contributed by atoms with Gasteiger partial charge in [0.15, 0.2) is 0 Å². The average Bonchev–Trinajstić information content (AvgIpc) is 2.97. The van der Waals surface area contributed by atoms with Gasteiger partial charge in [-0.15, -0.1) is 0 Å². The van der Waals surface area contributed by atoms with E-state index in [1.165, 1.54) is 0 Å².